The predicted molar refractivity (Wildman–Crippen MR) is 78.6 cm³/mol. The highest BCUT2D eigenvalue weighted by molar-refractivity contribution is 5.82. The van der Waals surface area contributed by atoms with Gasteiger partial charge in [0.05, 0.1) is 23.8 Å². The van der Waals surface area contributed by atoms with Crippen LogP contribution in [0.15, 0.2) is 24.5 Å². The zero-order chi connectivity index (χ0) is 13.9. The SMILES string of the molecule is CCn1cnc2cc(CC(=O)N3CCNCC3)ccc21. The molecule has 1 amide bonds. The van der Waals surface area contributed by atoms with Gasteiger partial charge in [0.1, 0.15) is 0 Å². The van der Waals surface area contributed by atoms with Crippen molar-refractivity contribution >= 4 is 16.9 Å². The fraction of sp³-hybridized carbons (Fsp3) is 0.467. The lowest BCUT2D eigenvalue weighted by Gasteiger charge is -2.27. The number of aromatic nitrogens is 2. The molecule has 1 saturated heterocycles. The van der Waals surface area contributed by atoms with Gasteiger partial charge in [0, 0.05) is 32.7 Å². The smallest absolute Gasteiger partial charge is 0.227 e. The quantitative estimate of drug-likeness (QED) is 0.908. The van der Waals surface area contributed by atoms with Gasteiger partial charge in [-0.3, -0.25) is 4.79 Å². The normalized spacial score (nSPS) is 15.8. The Hall–Kier alpha value is -1.88. The standard InChI is InChI=1S/C15H20N4O/c1-2-18-11-17-13-9-12(3-4-14(13)18)10-15(20)19-7-5-16-6-8-19/h3-4,9,11,16H,2,5-8,10H2,1H3. The number of hydrogen-bond acceptors (Lipinski definition) is 3. The Morgan fingerprint density at radius 2 is 2.15 bits per heavy atom. The summed E-state index contributed by atoms with van der Waals surface area (Å²) >= 11 is 0. The Morgan fingerprint density at radius 1 is 1.35 bits per heavy atom. The van der Waals surface area contributed by atoms with Crippen molar-refractivity contribution in [3.63, 3.8) is 0 Å². The summed E-state index contributed by atoms with van der Waals surface area (Å²) in [6.45, 7) is 6.42. The number of amides is 1. The highest BCUT2D eigenvalue weighted by Gasteiger charge is 2.16. The van der Waals surface area contributed by atoms with E-state index < -0.39 is 0 Å². The number of piperazine rings is 1. The maximum absolute atomic E-state index is 12.2. The molecule has 3 rings (SSSR count). The van der Waals surface area contributed by atoms with E-state index in [0.29, 0.717) is 6.42 Å². The number of nitrogens with one attached hydrogen (secondary N) is 1. The number of nitrogens with zero attached hydrogens (tertiary/aromatic N) is 3. The maximum Gasteiger partial charge on any atom is 0.227 e. The maximum atomic E-state index is 12.2. The van der Waals surface area contributed by atoms with E-state index in [4.69, 9.17) is 0 Å². The van der Waals surface area contributed by atoms with Gasteiger partial charge in [-0.25, -0.2) is 4.98 Å². The van der Waals surface area contributed by atoms with E-state index >= 15 is 0 Å². The third-order valence-corrected chi connectivity index (χ3v) is 3.85. The van der Waals surface area contributed by atoms with Gasteiger partial charge in [0.25, 0.3) is 0 Å². The molecule has 0 aliphatic carbocycles. The van der Waals surface area contributed by atoms with Crippen molar-refractivity contribution in [2.75, 3.05) is 26.2 Å². The van der Waals surface area contributed by atoms with E-state index in [2.05, 4.69) is 27.9 Å². The average Bonchev–Trinajstić information content (AvgIpc) is 2.90. The van der Waals surface area contributed by atoms with Crippen molar-refractivity contribution in [1.29, 1.82) is 0 Å². The van der Waals surface area contributed by atoms with Crippen LogP contribution >= 0.6 is 0 Å². The molecule has 0 radical (unpaired) electrons. The van der Waals surface area contributed by atoms with Gasteiger partial charge in [0.2, 0.25) is 5.91 Å². The second-order valence-electron chi connectivity index (χ2n) is 5.16. The molecule has 0 saturated carbocycles. The second-order valence-corrected chi connectivity index (χ2v) is 5.16. The first kappa shape index (κ1) is 13.1. The molecule has 0 spiro atoms. The number of aryl methyl sites for hydroxylation is 1. The average molecular weight is 272 g/mol. The number of carbonyl (C=O) groups is 1. The van der Waals surface area contributed by atoms with Crippen molar-refractivity contribution in [3.8, 4) is 0 Å². The largest absolute Gasteiger partial charge is 0.340 e. The molecule has 1 aliphatic heterocycles. The van der Waals surface area contributed by atoms with Crippen LogP contribution in [0.25, 0.3) is 11.0 Å². The van der Waals surface area contributed by atoms with Crippen molar-refractivity contribution in [2.45, 2.75) is 19.9 Å². The number of hydrogen-bond donors (Lipinski definition) is 1. The van der Waals surface area contributed by atoms with Crippen LogP contribution in [-0.2, 0) is 17.8 Å². The topological polar surface area (TPSA) is 50.2 Å². The molecule has 1 aromatic carbocycles. The molecule has 2 aromatic rings. The van der Waals surface area contributed by atoms with Crippen LogP contribution in [0.2, 0.25) is 0 Å². The number of benzene rings is 1. The van der Waals surface area contributed by atoms with E-state index in [1.165, 1.54) is 0 Å². The van der Waals surface area contributed by atoms with Crippen LogP contribution in [0.1, 0.15) is 12.5 Å². The van der Waals surface area contributed by atoms with Crippen LogP contribution < -0.4 is 5.32 Å². The minimum Gasteiger partial charge on any atom is -0.340 e. The van der Waals surface area contributed by atoms with Crippen LogP contribution in [0, 0.1) is 0 Å². The predicted octanol–water partition coefficient (Wildman–Crippen LogP) is 1.03. The molecule has 1 aliphatic rings. The van der Waals surface area contributed by atoms with Gasteiger partial charge in [-0.1, -0.05) is 6.07 Å². The molecule has 1 aromatic heterocycles. The zero-order valence-corrected chi connectivity index (χ0v) is 11.8. The summed E-state index contributed by atoms with van der Waals surface area (Å²) in [5.41, 5.74) is 3.14. The fourth-order valence-corrected chi connectivity index (χ4v) is 2.67. The van der Waals surface area contributed by atoms with Crippen LogP contribution in [-0.4, -0.2) is 46.5 Å². The van der Waals surface area contributed by atoms with Gasteiger partial charge < -0.3 is 14.8 Å². The first-order valence-electron chi connectivity index (χ1n) is 7.20. The summed E-state index contributed by atoms with van der Waals surface area (Å²) in [5.74, 6) is 0.209. The van der Waals surface area contributed by atoms with E-state index in [-0.39, 0.29) is 5.91 Å². The van der Waals surface area contributed by atoms with Gasteiger partial charge in [-0.05, 0) is 24.6 Å². The summed E-state index contributed by atoms with van der Waals surface area (Å²) in [6.07, 6.45) is 2.32. The second kappa shape index (κ2) is 5.63. The monoisotopic (exact) mass is 272 g/mol. The van der Waals surface area contributed by atoms with E-state index in [0.717, 1.165) is 49.3 Å². The van der Waals surface area contributed by atoms with Gasteiger partial charge in [-0.2, -0.15) is 0 Å². The van der Waals surface area contributed by atoms with Gasteiger partial charge in [-0.15, -0.1) is 0 Å². The number of rotatable bonds is 3. The Bertz CT molecular complexity index is 613. The molecule has 1 N–H and O–H groups in total. The molecular weight excluding hydrogens is 252 g/mol. The molecule has 1 fully saturated rings. The number of carbonyl (C=O) groups excluding carboxylic acids is 1. The molecule has 5 heteroatoms. The Labute approximate surface area is 118 Å². The minimum absolute atomic E-state index is 0.209. The van der Waals surface area contributed by atoms with E-state index in [1.54, 1.807) is 0 Å². The van der Waals surface area contributed by atoms with E-state index in [1.807, 2.05) is 23.4 Å². The Balaban J connectivity index is 1.75. The molecule has 20 heavy (non-hydrogen) atoms. The lowest BCUT2D eigenvalue weighted by atomic mass is 10.1. The fourth-order valence-electron chi connectivity index (χ4n) is 2.67. The third kappa shape index (κ3) is 2.54. The summed E-state index contributed by atoms with van der Waals surface area (Å²) in [4.78, 5) is 18.6. The lowest BCUT2D eigenvalue weighted by molar-refractivity contribution is -0.131. The molecular formula is C15H20N4O. The first-order chi connectivity index (χ1) is 9.78. The Morgan fingerprint density at radius 3 is 2.90 bits per heavy atom. The first-order valence-corrected chi connectivity index (χ1v) is 7.20. The lowest BCUT2D eigenvalue weighted by Crippen LogP contribution is -2.46. The molecule has 2 heterocycles. The highest BCUT2D eigenvalue weighted by atomic mass is 16.2. The summed E-state index contributed by atoms with van der Waals surface area (Å²) in [5, 5.41) is 3.26. The summed E-state index contributed by atoms with van der Waals surface area (Å²) in [7, 11) is 0. The molecule has 0 unspecified atom stereocenters. The third-order valence-electron chi connectivity index (χ3n) is 3.85. The summed E-state index contributed by atoms with van der Waals surface area (Å²) in [6, 6.07) is 6.13. The minimum atomic E-state index is 0.209. The number of fused-ring (bicyclic) bond motifs is 1. The highest BCUT2D eigenvalue weighted by Crippen LogP contribution is 2.16. The van der Waals surface area contributed by atoms with Gasteiger partial charge >= 0.3 is 0 Å². The Kier molecular flexibility index (Phi) is 3.69. The molecule has 106 valence electrons. The zero-order valence-electron chi connectivity index (χ0n) is 11.8. The van der Waals surface area contributed by atoms with Crippen LogP contribution in [0.4, 0.5) is 0 Å². The molecule has 0 bridgehead atoms. The van der Waals surface area contributed by atoms with Crippen molar-refractivity contribution in [2.24, 2.45) is 0 Å². The van der Waals surface area contributed by atoms with Crippen molar-refractivity contribution in [1.82, 2.24) is 19.8 Å². The van der Waals surface area contributed by atoms with Crippen LogP contribution in [0.3, 0.4) is 0 Å². The van der Waals surface area contributed by atoms with E-state index in [9.17, 15) is 4.79 Å². The van der Waals surface area contributed by atoms with Gasteiger partial charge in [0.15, 0.2) is 0 Å². The number of imidazole rings is 1. The molecule has 0 atom stereocenters. The van der Waals surface area contributed by atoms with Crippen LogP contribution in [0.5, 0.6) is 0 Å². The van der Waals surface area contributed by atoms with Crippen molar-refractivity contribution in [3.05, 3.63) is 30.1 Å². The van der Waals surface area contributed by atoms with Crippen molar-refractivity contribution < 1.29 is 4.79 Å². The molecule has 5 nitrogen and oxygen atoms in total. The summed E-state index contributed by atoms with van der Waals surface area (Å²) < 4.78 is 2.11.